The molecule has 1 atom stereocenters. The van der Waals surface area contributed by atoms with Crippen molar-refractivity contribution in [3.63, 3.8) is 0 Å². The van der Waals surface area contributed by atoms with E-state index in [1.54, 1.807) is 30.1 Å². The number of benzene rings is 1. The van der Waals surface area contributed by atoms with E-state index >= 15 is 0 Å². The Balaban J connectivity index is 2.44. The van der Waals surface area contributed by atoms with E-state index in [-0.39, 0.29) is 37.5 Å². The van der Waals surface area contributed by atoms with Crippen LogP contribution in [0.25, 0.3) is 0 Å². The molecule has 8 heteroatoms. The molecule has 0 fully saturated rings. The molecule has 1 aromatic carbocycles. The minimum atomic E-state index is -1.01. The first-order valence-electron chi connectivity index (χ1n) is 7.57. The summed E-state index contributed by atoms with van der Waals surface area (Å²) in [5, 5.41) is 16.2. The van der Waals surface area contributed by atoms with Crippen LogP contribution in [0.4, 0.5) is 0 Å². The predicted molar refractivity (Wildman–Crippen MR) is 95.2 cm³/mol. The highest BCUT2D eigenvalue weighted by atomic mass is 35.5. The van der Waals surface area contributed by atoms with E-state index in [0.29, 0.717) is 15.6 Å². The standard InChI is InChI=1S/C16H23Cl2N3O3/c1-10(2)20-15(24)9-21(3)8-14(23)19-7-13(22)16-11(17)5-4-6-12(16)18/h4-6,10,13,22H,7-9H2,1-3H3,(H,19,23)(H,20,24)/t13-/m0/s1. The molecule has 0 unspecified atom stereocenters. The largest absolute Gasteiger partial charge is 0.386 e. The Bertz CT molecular complexity index is 561. The van der Waals surface area contributed by atoms with E-state index in [9.17, 15) is 14.7 Å². The summed E-state index contributed by atoms with van der Waals surface area (Å²) in [6.07, 6.45) is -1.01. The number of hydrogen-bond donors (Lipinski definition) is 3. The summed E-state index contributed by atoms with van der Waals surface area (Å²) in [7, 11) is 1.67. The average molecular weight is 376 g/mol. The lowest BCUT2D eigenvalue weighted by atomic mass is 10.1. The van der Waals surface area contributed by atoms with Gasteiger partial charge in [-0.05, 0) is 33.0 Å². The molecular formula is C16H23Cl2N3O3. The van der Waals surface area contributed by atoms with Crippen molar-refractivity contribution in [3.8, 4) is 0 Å². The topological polar surface area (TPSA) is 81.7 Å². The third kappa shape index (κ3) is 7.05. The van der Waals surface area contributed by atoms with Crippen LogP contribution in [0.2, 0.25) is 10.0 Å². The third-order valence-corrected chi connectivity index (χ3v) is 3.76. The summed E-state index contributed by atoms with van der Waals surface area (Å²) >= 11 is 12.0. The molecule has 6 nitrogen and oxygen atoms in total. The molecule has 0 aromatic heterocycles. The Morgan fingerprint density at radius 2 is 1.71 bits per heavy atom. The first-order chi connectivity index (χ1) is 11.2. The molecule has 24 heavy (non-hydrogen) atoms. The molecule has 0 spiro atoms. The minimum Gasteiger partial charge on any atom is -0.386 e. The summed E-state index contributed by atoms with van der Waals surface area (Å²) in [6, 6.07) is 4.97. The molecule has 0 saturated heterocycles. The lowest BCUT2D eigenvalue weighted by Gasteiger charge is -2.19. The third-order valence-electron chi connectivity index (χ3n) is 3.10. The van der Waals surface area contributed by atoms with E-state index < -0.39 is 6.10 Å². The van der Waals surface area contributed by atoms with Gasteiger partial charge in [-0.1, -0.05) is 29.3 Å². The van der Waals surface area contributed by atoms with Gasteiger partial charge >= 0.3 is 0 Å². The van der Waals surface area contributed by atoms with Crippen LogP contribution >= 0.6 is 23.2 Å². The number of aliphatic hydroxyl groups is 1. The number of likely N-dealkylation sites (N-methyl/N-ethyl adjacent to an activating group) is 1. The summed E-state index contributed by atoms with van der Waals surface area (Å²) in [4.78, 5) is 25.1. The lowest BCUT2D eigenvalue weighted by Crippen LogP contribution is -2.43. The van der Waals surface area contributed by atoms with Gasteiger partial charge in [-0.3, -0.25) is 14.5 Å². The van der Waals surface area contributed by atoms with E-state index in [1.807, 2.05) is 13.8 Å². The van der Waals surface area contributed by atoms with Gasteiger partial charge < -0.3 is 15.7 Å². The van der Waals surface area contributed by atoms with Crippen molar-refractivity contribution in [3.05, 3.63) is 33.8 Å². The number of carbonyl (C=O) groups excluding carboxylic acids is 2. The van der Waals surface area contributed by atoms with E-state index in [0.717, 1.165) is 0 Å². The molecule has 3 N–H and O–H groups in total. The number of aliphatic hydroxyl groups excluding tert-OH is 1. The van der Waals surface area contributed by atoms with Gasteiger partial charge in [0.05, 0.1) is 19.2 Å². The van der Waals surface area contributed by atoms with Crippen LogP contribution in [-0.2, 0) is 9.59 Å². The molecule has 0 aliphatic carbocycles. The van der Waals surface area contributed by atoms with Crippen molar-refractivity contribution in [2.75, 3.05) is 26.7 Å². The fourth-order valence-electron chi connectivity index (χ4n) is 2.11. The maximum absolute atomic E-state index is 11.9. The Labute approximate surface area is 152 Å². The van der Waals surface area contributed by atoms with Gasteiger partial charge in [0.15, 0.2) is 0 Å². The molecule has 0 saturated carbocycles. The van der Waals surface area contributed by atoms with Gasteiger partial charge in [0, 0.05) is 28.2 Å². The zero-order chi connectivity index (χ0) is 18.3. The molecule has 0 radical (unpaired) electrons. The van der Waals surface area contributed by atoms with Crippen molar-refractivity contribution < 1.29 is 14.7 Å². The first-order valence-corrected chi connectivity index (χ1v) is 8.32. The Kier molecular flexibility index (Phi) is 8.48. The fraction of sp³-hybridized carbons (Fsp3) is 0.500. The van der Waals surface area contributed by atoms with E-state index in [1.165, 1.54) is 0 Å². The predicted octanol–water partition coefficient (Wildman–Crippen LogP) is 1.60. The zero-order valence-corrected chi connectivity index (χ0v) is 15.5. The molecule has 0 bridgehead atoms. The highest BCUT2D eigenvalue weighted by molar-refractivity contribution is 6.36. The quantitative estimate of drug-likeness (QED) is 0.644. The molecule has 2 amide bonds. The van der Waals surface area contributed by atoms with Crippen molar-refractivity contribution in [2.24, 2.45) is 0 Å². The molecule has 134 valence electrons. The van der Waals surface area contributed by atoms with Crippen LogP contribution in [0.15, 0.2) is 18.2 Å². The number of hydrogen-bond acceptors (Lipinski definition) is 4. The zero-order valence-electron chi connectivity index (χ0n) is 14.0. The molecule has 0 aliphatic rings. The van der Waals surface area contributed by atoms with Crippen LogP contribution in [0.3, 0.4) is 0 Å². The Morgan fingerprint density at radius 1 is 1.17 bits per heavy atom. The first kappa shape index (κ1) is 20.7. The molecule has 0 heterocycles. The smallest absolute Gasteiger partial charge is 0.234 e. The van der Waals surface area contributed by atoms with Crippen LogP contribution in [0.5, 0.6) is 0 Å². The van der Waals surface area contributed by atoms with Gasteiger partial charge in [-0.15, -0.1) is 0 Å². The van der Waals surface area contributed by atoms with Crippen LogP contribution in [0.1, 0.15) is 25.5 Å². The number of amides is 2. The second kappa shape index (κ2) is 9.84. The number of rotatable bonds is 8. The number of carbonyl (C=O) groups is 2. The highest BCUT2D eigenvalue weighted by Crippen LogP contribution is 2.29. The summed E-state index contributed by atoms with van der Waals surface area (Å²) in [5.74, 6) is -0.458. The number of halogens is 2. The Hall–Kier alpha value is -1.34. The SMILES string of the molecule is CC(C)NC(=O)CN(C)CC(=O)NC[C@H](O)c1c(Cl)cccc1Cl. The van der Waals surface area contributed by atoms with Crippen LogP contribution < -0.4 is 10.6 Å². The maximum atomic E-state index is 11.9. The van der Waals surface area contributed by atoms with E-state index in [2.05, 4.69) is 10.6 Å². The van der Waals surface area contributed by atoms with E-state index in [4.69, 9.17) is 23.2 Å². The average Bonchev–Trinajstić information content (AvgIpc) is 2.43. The normalized spacial score (nSPS) is 12.3. The molecule has 0 aliphatic heterocycles. The van der Waals surface area contributed by atoms with Gasteiger partial charge in [-0.2, -0.15) is 0 Å². The maximum Gasteiger partial charge on any atom is 0.234 e. The summed E-state index contributed by atoms with van der Waals surface area (Å²) in [6.45, 7) is 3.87. The van der Waals surface area contributed by atoms with Gasteiger partial charge in [-0.25, -0.2) is 0 Å². The minimum absolute atomic E-state index is 0.0195. The summed E-state index contributed by atoms with van der Waals surface area (Å²) in [5.41, 5.74) is 0.380. The van der Waals surface area contributed by atoms with Gasteiger partial charge in [0.25, 0.3) is 0 Å². The van der Waals surface area contributed by atoms with Crippen molar-refractivity contribution in [2.45, 2.75) is 26.0 Å². The molecule has 1 rings (SSSR count). The van der Waals surface area contributed by atoms with Crippen LogP contribution in [0, 0.1) is 0 Å². The van der Waals surface area contributed by atoms with Crippen LogP contribution in [-0.4, -0.2) is 54.5 Å². The van der Waals surface area contributed by atoms with Crippen molar-refractivity contribution >= 4 is 35.0 Å². The molecular weight excluding hydrogens is 353 g/mol. The van der Waals surface area contributed by atoms with Crippen molar-refractivity contribution in [1.29, 1.82) is 0 Å². The summed E-state index contributed by atoms with van der Waals surface area (Å²) < 4.78 is 0. The molecule has 1 aromatic rings. The van der Waals surface area contributed by atoms with Crippen molar-refractivity contribution in [1.82, 2.24) is 15.5 Å². The van der Waals surface area contributed by atoms with Gasteiger partial charge in [0.2, 0.25) is 11.8 Å². The fourth-order valence-corrected chi connectivity index (χ4v) is 2.76. The lowest BCUT2D eigenvalue weighted by molar-refractivity contribution is -0.125. The Morgan fingerprint density at radius 3 is 2.25 bits per heavy atom. The number of nitrogens with one attached hydrogen (secondary N) is 2. The van der Waals surface area contributed by atoms with Gasteiger partial charge in [0.1, 0.15) is 0 Å². The number of nitrogens with zero attached hydrogens (tertiary/aromatic N) is 1. The monoisotopic (exact) mass is 375 g/mol. The second-order valence-corrected chi connectivity index (χ2v) is 6.66. The highest BCUT2D eigenvalue weighted by Gasteiger charge is 2.17. The second-order valence-electron chi connectivity index (χ2n) is 5.85.